The number of thiophene rings is 1. The number of hydrogen-bond acceptors (Lipinski definition) is 6. The van der Waals surface area contributed by atoms with Crippen LogP contribution in [0, 0.1) is 5.82 Å². The number of pyridine rings is 1. The number of likely N-dealkylation sites (tertiary alicyclic amines) is 1. The fourth-order valence-corrected chi connectivity index (χ4v) is 7.15. The fraction of sp³-hybridized carbons (Fsp3) is 0.500. The van der Waals surface area contributed by atoms with Gasteiger partial charge in [0.05, 0.1) is 4.88 Å². The molecule has 1 aliphatic carbocycles. The highest BCUT2D eigenvalue weighted by Crippen LogP contribution is 2.48. The van der Waals surface area contributed by atoms with E-state index in [4.69, 9.17) is 4.74 Å². The molecule has 35 heavy (non-hydrogen) atoms. The Labute approximate surface area is 206 Å². The second-order valence-electron chi connectivity index (χ2n) is 10.00. The summed E-state index contributed by atoms with van der Waals surface area (Å²) in [5.41, 5.74) is 0.805. The van der Waals surface area contributed by atoms with Crippen molar-refractivity contribution in [1.82, 2.24) is 19.8 Å². The van der Waals surface area contributed by atoms with Crippen LogP contribution in [0.5, 0.6) is 5.75 Å². The number of aromatic amines is 1. The lowest BCUT2D eigenvalue weighted by Crippen LogP contribution is -2.30. The zero-order valence-corrected chi connectivity index (χ0v) is 22.0. The highest BCUT2D eigenvalue weighted by Gasteiger charge is 2.31. The third-order valence-corrected chi connectivity index (χ3v) is 10.5. The number of carbonyl (C=O) groups is 1. The van der Waals surface area contributed by atoms with E-state index < -0.39 is 13.0 Å². The molecule has 1 amide bonds. The molecule has 3 aromatic rings. The predicted molar refractivity (Wildman–Crippen MR) is 138 cm³/mol. The molecule has 2 aliphatic rings. The minimum absolute atomic E-state index is 0.0550. The molecule has 0 aromatic carbocycles. The topological polar surface area (TPSA) is 96.4 Å². The van der Waals surface area contributed by atoms with Crippen molar-refractivity contribution in [2.24, 2.45) is 7.05 Å². The van der Waals surface area contributed by atoms with Gasteiger partial charge in [-0.25, -0.2) is 4.39 Å². The van der Waals surface area contributed by atoms with Crippen LogP contribution in [0.1, 0.15) is 36.2 Å². The number of halogens is 1. The Morgan fingerprint density at radius 3 is 2.69 bits per heavy atom. The summed E-state index contributed by atoms with van der Waals surface area (Å²) in [5, 5.41) is 3.43. The molecule has 0 bridgehead atoms. The van der Waals surface area contributed by atoms with E-state index in [1.54, 1.807) is 19.3 Å². The van der Waals surface area contributed by atoms with Gasteiger partial charge in [0.25, 0.3) is 11.5 Å². The molecule has 1 aliphatic heterocycles. The normalized spacial score (nSPS) is 18.9. The van der Waals surface area contributed by atoms with Crippen molar-refractivity contribution >= 4 is 39.9 Å². The van der Waals surface area contributed by atoms with Crippen LogP contribution in [-0.2, 0) is 11.6 Å². The van der Waals surface area contributed by atoms with E-state index in [1.807, 2.05) is 7.05 Å². The van der Waals surface area contributed by atoms with Gasteiger partial charge in [-0.15, -0.1) is 11.3 Å². The molecule has 8 nitrogen and oxygen atoms in total. The standard InChI is InChI=1S/C24H30FN4O4PS/c1-28-9-5-6-14(28)12-33-20-18(25)24(34(3,4)32)35-21(20)16-11-29(2)23(31)19-15(16)10-17(27-19)22(30)26-13-7-8-13/h10-11,13-14,27H,5-9,12H2,1-4H3,(H,26,30). The van der Waals surface area contributed by atoms with Crippen LogP contribution in [-0.4, -0.2) is 66.0 Å². The smallest absolute Gasteiger partial charge is 0.274 e. The zero-order valence-electron chi connectivity index (χ0n) is 20.3. The predicted octanol–water partition coefficient (Wildman–Crippen LogP) is 3.35. The Balaban J connectivity index is 1.64. The summed E-state index contributed by atoms with van der Waals surface area (Å²) < 4.78 is 36.2. The van der Waals surface area contributed by atoms with Gasteiger partial charge in [0.1, 0.15) is 29.6 Å². The zero-order chi connectivity index (χ0) is 25.1. The van der Waals surface area contributed by atoms with E-state index in [2.05, 4.69) is 15.2 Å². The minimum atomic E-state index is -2.93. The number of nitrogens with one attached hydrogen (secondary N) is 2. The summed E-state index contributed by atoms with van der Waals surface area (Å²) in [6.07, 6.45) is 5.54. The van der Waals surface area contributed by atoms with Crippen molar-refractivity contribution in [3.8, 4) is 16.2 Å². The molecule has 1 saturated heterocycles. The van der Waals surface area contributed by atoms with Crippen molar-refractivity contribution in [2.45, 2.75) is 37.8 Å². The van der Waals surface area contributed by atoms with Crippen molar-refractivity contribution in [3.05, 3.63) is 34.1 Å². The minimum Gasteiger partial charge on any atom is -0.487 e. The first-order chi connectivity index (χ1) is 16.5. The Bertz CT molecular complexity index is 1420. The number of aryl methyl sites for hydroxylation is 1. The van der Waals surface area contributed by atoms with Crippen LogP contribution in [0.2, 0.25) is 0 Å². The number of hydrogen-bond donors (Lipinski definition) is 2. The highest BCUT2D eigenvalue weighted by atomic mass is 32.1. The molecule has 1 atom stereocenters. The third kappa shape index (κ3) is 4.59. The van der Waals surface area contributed by atoms with Gasteiger partial charge in [-0.1, -0.05) is 0 Å². The lowest BCUT2D eigenvalue weighted by molar-refractivity contribution is 0.0947. The number of ether oxygens (including phenoxy) is 1. The van der Waals surface area contributed by atoms with Crippen LogP contribution in [0.4, 0.5) is 4.39 Å². The molecule has 0 spiro atoms. The molecule has 5 rings (SSSR count). The molecular weight excluding hydrogens is 490 g/mol. The molecule has 188 valence electrons. The molecule has 1 unspecified atom stereocenters. The monoisotopic (exact) mass is 520 g/mol. The molecule has 11 heteroatoms. The fourth-order valence-electron chi connectivity index (χ4n) is 4.53. The second-order valence-corrected chi connectivity index (χ2v) is 14.5. The van der Waals surface area contributed by atoms with Crippen molar-refractivity contribution < 1.29 is 18.5 Å². The number of rotatable bonds is 7. The average Bonchev–Trinajstić information content (AvgIpc) is 3.17. The number of carbonyl (C=O) groups excluding carboxylic acids is 1. The van der Waals surface area contributed by atoms with E-state index in [-0.39, 0.29) is 45.1 Å². The summed E-state index contributed by atoms with van der Waals surface area (Å²) in [4.78, 5) is 31.2. The van der Waals surface area contributed by atoms with Crippen LogP contribution in [0.25, 0.3) is 21.3 Å². The first-order valence-electron chi connectivity index (χ1n) is 11.8. The van der Waals surface area contributed by atoms with Crippen molar-refractivity contribution in [2.75, 3.05) is 33.5 Å². The van der Waals surface area contributed by atoms with Gasteiger partial charge < -0.3 is 29.1 Å². The average molecular weight is 521 g/mol. The van der Waals surface area contributed by atoms with E-state index in [1.165, 1.54) is 17.9 Å². The maximum Gasteiger partial charge on any atom is 0.274 e. The van der Waals surface area contributed by atoms with Crippen LogP contribution >= 0.6 is 18.5 Å². The molecule has 2 fully saturated rings. The van der Waals surface area contributed by atoms with E-state index >= 15 is 4.39 Å². The summed E-state index contributed by atoms with van der Waals surface area (Å²) in [5.74, 6) is -0.829. The lowest BCUT2D eigenvalue weighted by atomic mass is 10.1. The molecular formula is C24H30FN4O4PS. The van der Waals surface area contributed by atoms with Crippen LogP contribution < -0.4 is 20.2 Å². The Morgan fingerprint density at radius 2 is 2.06 bits per heavy atom. The highest BCUT2D eigenvalue weighted by molar-refractivity contribution is 7.75. The summed E-state index contributed by atoms with van der Waals surface area (Å²) in [6, 6.07) is 1.97. The summed E-state index contributed by atoms with van der Waals surface area (Å²) >= 11 is 1.09. The van der Waals surface area contributed by atoms with Gasteiger partial charge in [0.2, 0.25) is 0 Å². The molecule has 1 saturated carbocycles. The van der Waals surface area contributed by atoms with Crippen LogP contribution in [0.3, 0.4) is 0 Å². The van der Waals surface area contributed by atoms with Crippen LogP contribution in [0.15, 0.2) is 17.1 Å². The molecule has 0 radical (unpaired) electrons. The van der Waals surface area contributed by atoms with Gasteiger partial charge in [0.15, 0.2) is 11.6 Å². The number of likely N-dealkylation sites (N-methyl/N-ethyl adjacent to an activating group) is 1. The number of H-pyrrole nitrogens is 1. The quantitative estimate of drug-likeness (QED) is 0.466. The largest absolute Gasteiger partial charge is 0.487 e. The third-order valence-electron chi connectivity index (χ3n) is 6.74. The van der Waals surface area contributed by atoms with Crippen molar-refractivity contribution in [3.63, 3.8) is 0 Å². The molecule has 3 aromatic heterocycles. The van der Waals surface area contributed by atoms with E-state index in [9.17, 15) is 14.2 Å². The number of aromatic nitrogens is 2. The first-order valence-corrected chi connectivity index (χ1v) is 15.2. The van der Waals surface area contributed by atoms with Gasteiger partial charge in [-0.05, 0) is 58.7 Å². The number of amides is 1. The second kappa shape index (κ2) is 8.91. The number of fused-ring (bicyclic) bond motifs is 1. The lowest BCUT2D eigenvalue weighted by Gasteiger charge is -2.20. The van der Waals surface area contributed by atoms with E-state index in [0.29, 0.717) is 22.4 Å². The number of nitrogens with zero attached hydrogens (tertiary/aromatic N) is 2. The summed E-state index contributed by atoms with van der Waals surface area (Å²) in [7, 11) is 0.701. The first kappa shape index (κ1) is 24.3. The molecule has 2 N–H and O–H groups in total. The van der Waals surface area contributed by atoms with Gasteiger partial charge in [0, 0.05) is 36.3 Å². The van der Waals surface area contributed by atoms with Gasteiger partial charge in [-0.2, -0.15) is 0 Å². The Kier molecular flexibility index (Phi) is 6.18. The maximum absolute atomic E-state index is 15.7. The molecule has 4 heterocycles. The van der Waals surface area contributed by atoms with Crippen molar-refractivity contribution in [1.29, 1.82) is 0 Å². The SMILES string of the molecule is CN1CCCC1COc1c(-c2cn(C)c(=O)c3[nH]c(C(=O)NC4CC4)cc23)sc(P(C)(C)=O)c1F. The summed E-state index contributed by atoms with van der Waals surface area (Å²) in [6.45, 7) is 4.35. The van der Waals surface area contributed by atoms with E-state index in [0.717, 1.165) is 43.6 Å². The Hall–Kier alpha value is -2.42. The van der Waals surface area contributed by atoms with Gasteiger partial charge in [-0.3, -0.25) is 9.59 Å². The maximum atomic E-state index is 15.7. The Morgan fingerprint density at radius 1 is 1.31 bits per heavy atom. The van der Waals surface area contributed by atoms with Gasteiger partial charge >= 0.3 is 0 Å².